The number of halogens is 1. The SMILES string of the molecule is C=Cc1ccc2nc(Cl)c(S(=O)(=O)/N=C/N)n2n1. The molecule has 0 bridgehead atoms. The fourth-order valence-corrected chi connectivity index (χ4v) is 2.69. The molecule has 2 N–H and O–H groups in total. The molecule has 0 amide bonds. The Kier molecular flexibility index (Phi) is 3.05. The zero-order valence-corrected chi connectivity index (χ0v) is 10.6. The summed E-state index contributed by atoms with van der Waals surface area (Å²) in [6.07, 6.45) is 2.14. The molecule has 0 unspecified atom stereocenters. The van der Waals surface area contributed by atoms with Gasteiger partial charge < -0.3 is 5.73 Å². The maximum atomic E-state index is 11.8. The third kappa shape index (κ3) is 1.95. The number of hydrogen-bond acceptors (Lipinski definition) is 4. The summed E-state index contributed by atoms with van der Waals surface area (Å²) in [7, 11) is -4.03. The zero-order chi connectivity index (χ0) is 13.3. The Bertz CT molecular complexity index is 750. The van der Waals surface area contributed by atoms with Gasteiger partial charge in [-0.3, -0.25) is 0 Å². The number of nitrogens with zero attached hydrogens (tertiary/aromatic N) is 4. The van der Waals surface area contributed by atoms with Crippen molar-refractivity contribution in [3.8, 4) is 0 Å². The molecule has 0 radical (unpaired) electrons. The minimum Gasteiger partial charge on any atom is -0.389 e. The lowest BCUT2D eigenvalue weighted by Crippen LogP contribution is -2.07. The molecule has 94 valence electrons. The fourth-order valence-electron chi connectivity index (χ4n) is 1.36. The highest BCUT2D eigenvalue weighted by atomic mass is 35.5. The van der Waals surface area contributed by atoms with Crippen LogP contribution in [0.4, 0.5) is 0 Å². The van der Waals surface area contributed by atoms with Crippen LogP contribution in [0.3, 0.4) is 0 Å². The topological polar surface area (TPSA) is 103 Å². The van der Waals surface area contributed by atoms with E-state index in [9.17, 15) is 8.42 Å². The Hall–Kier alpha value is -1.93. The standard InChI is InChI=1S/C9H8ClN5O2S/c1-2-6-3-4-7-13-8(10)9(15(7)14-6)18(16,17)12-5-11/h2-5H,1H2,(H2,11,12). The van der Waals surface area contributed by atoms with Crippen molar-refractivity contribution in [2.75, 3.05) is 0 Å². The molecule has 2 aromatic rings. The Balaban J connectivity index is 2.85. The Morgan fingerprint density at radius 1 is 1.50 bits per heavy atom. The molecule has 0 aliphatic rings. The number of rotatable bonds is 3. The van der Waals surface area contributed by atoms with E-state index < -0.39 is 10.0 Å². The van der Waals surface area contributed by atoms with E-state index in [1.807, 2.05) is 0 Å². The van der Waals surface area contributed by atoms with Crippen molar-refractivity contribution in [3.05, 3.63) is 29.6 Å². The van der Waals surface area contributed by atoms with Crippen LogP contribution in [-0.4, -0.2) is 29.4 Å². The summed E-state index contributed by atoms with van der Waals surface area (Å²) >= 11 is 5.79. The molecule has 18 heavy (non-hydrogen) atoms. The molecule has 0 atom stereocenters. The first-order chi connectivity index (χ1) is 8.49. The van der Waals surface area contributed by atoms with Crippen LogP contribution in [0.5, 0.6) is 0 Å². The second-order valence-electron chi connectivity index (χ2n) is 3.17. The first kappa shape index (κ1) is 12.5. The lowest BCUT2D eigenvalue weighted by Gasteiger charge is -1.99. The summed E-state index contributed by atoms with van der Waals surface area (Å²) in [6.45, 7) is 3.54. The van der Waals surface area contributed by atoms with E-state index in [1.165, 1.54) is 6.08 Å². The number of hydrogen-bond donors (Lipinski definition) is 1. The second-order valence-corrected chi connectivity index (χ2v) is 5.08. The lowest BCUT2D eigenvalue weighted by molar-refractivity contribution is 0.590. The average Bonchev–Trinajstić information content (AvgIpc) is 2.64. The molecule has 2 heterocycles. The number of imidazole rings is 1. The van der Waals surface area contributed by atoms with E-state index in [1.54, 1.807) is 12.1 Å². The average molecular weight is 286 g/mol. The summed E-state index contributed by atoms with van der Waals surface area (Å²) in [6, 6.07) is 3.20. The van der Waals surface area contributed by atoms with Crippen LogP contribution in [0, 0.1) is 0 Å². The van der Waals surface area contributed by atoms with Crippen LogP contribution in [0.2, 0.25) is 5.15 Å². The van der Waals surface area contributed by atoms with Gasteiger partial charge in [0.1, 0.15) is 0 Å². The number of fused-ring (bicyclic) bond motifs is 1. The van der Waals surface area contributed by atoms with Crippen LogP contribution < -0.4 is 5.73 Å². The Labute approximate surface area is 108 Å². The first-order valence-electron chi connectivity index (χ1n) is 4.68. The molecule has 7 nitrogen and oxygen atoms in total. The highest BCUT2D eigenvalue weighted by Crippen LogP contribution is 2.23. The normalized spacial score (nSPS) is 12.3. The van der Waals surface area contributed by atoms with Gasteiger partial charge in [0.15, 0.2) is 10.8 Å². The minimum atomic E-state index is -4.03. The predicted octanol–water partition coefficient (Wildman–Crippen LogP) is 0.701. The van der Waals surface area contributed by atoms with Gasteiger partial charge in [0.25, 0.3) is 0 Å². The Morgan fingerprint density at radius 2 is 2.22 bits per heavy atom. The van der Waals surface area contributed by atoms with Gasteiger partial charge in [-0.1, -0.05) is 18.2 Å². The van der Waals surface area contributed by atoms with E-state index in [4.69, 9.17) is 17.3 Å². The molecule has 0 aliphatic carbocycles. The number of sulfonamides is 1. The van der Waals surface area contributed by atoms with Crippen LogP contribution in [0.15, 0.2) is 28.1 Å². The van der Waals surface area contributed by atoms with Gasteiger partial charge in [0, 0.05) is 0 Å². The van der Waals surface area contributed by atoms with Crippen LogP contribution in [0.1, 0.15) is 5.69 Å². The van der Waals surface area contributed by atoms with Gasteiger partial charge >= 0.3 is 10.0 Å². The van der Waals surface area contributed by atoms with Crippen molar-refractivity contribution in [2.24, 2.45) is 10.1 Å². The third-order valence-electron chi connectivity index (χ3n) is 2.07. The van der Waals surface area contributed by atoms with Crippen molar-refractivity contribution in [1.82, 2.24) is 14.6 Å². The van der Waals surface area contributed by atoms with Gasteiger partial charge in [-0.2, -0.15) is 18.0 Å². The predicted molar refractivity (Wildman–Crippen MR) is 68.0 cm³/mol. The smallest absolute Gasteiger partial charge is 0.304 e. The molecule has 0 aliphatic heterocycles. The molecule has 9 heteroatoms. The van der Waals surface area contributed by atoms with E-state index in [0.29, 0.717) is 12.0 Å². The van der Waals surface area contributed by atoms with Gasteiger partial charge in [0.2, 0.25) is 5.03 Å². The zero-order valence-electron chi connectivity index (χ0n) is 8.99. The second kappa shape index (κ2) is 4.39. The highest BCUT2D eigenvalue weighted by Gasteiger charge is 2.24. The summed E-state index contributed by atoms with van der Waals surface area (Å²) < 4.78 is 27.9. The van der Waals surface area contributed by atoms with Gasteiger partial charge in [-0.05, 0) is 18.2 Å². The van der Waals surface area contributed by atoms with E-state index in [-0.39, 0.29) is 15.8 Å². The third-order valence-corrected chi connectivity index (χ3v) is 3.70. The van der Waals surface area contributed by atoms with Crippen LogP contribution in [0.25, 0.3) is 11.7 Å². The van der Waals surface area contributed by atoms with E-state index in [2.05, 4.69) is 21.1 Å². The van der Waals surface area contributed by atoms with Crippen LogP contribution >= 0.6 is 11.6 Å². The minimum absolute atomic E-state index is 0.214. The molecule has 2 rings (SSSR count). The highest BCUT2D eigenvalue weighted by molar-refractivity contribution is 7.90. The number of aromatic nitrogens is 3. The summed E-state index contributed by atoms with van der Waals surface area (Å²) in [5.41, 5.74) is 5.76. The van der Waals surface area contributed by atoms with Gasteiger partial charge in [-0.25, -0.2) is 4.98 Å². The Morgan fingerprint density at radius 3 is 2.83 bits per heavy atom. The molecular weight excluding hydrogens is 278 g/mol. The fraction of sp³-hybridized carbons (Fsp3) is 0. The van der Waals surface area contributed by atoms with Crippen molar-refractivity contribution in [1.29, 1.82) is 0 Å². The van der Waals surface area contributed by atoms with E-state index >= 15 is 0 Å². The summed E-state index contributed by atoms with van der Waals surface area (Å²) in [5, 5.41) is 3.48. The molecule has 0 saturated carbocycles. The first-order valence-corrected chi connectivity index (χ1v) is 6.49. The van der Waals surface area contributed by atoms with Crippen molar-refractivity contribution in [3.63, 3.8) is 0 Å². The van der Waals surface area contributed by atoms with Crippen molar-refractivity contribution < 1.29 is 8.42 Å². The molecule has 0 saturated heterocycles. The van der Waals surface area contributed by atoms with Crippen LogP contribution in [-0.2, 0) is 10.0 Å². The maximum absolute atomic E-state index is 11.8. The molecule has 0 fully saturated rings. The maximum Gasteiger partial charge on any atom is 0.304 e. The lowest BCUT2D eigenvalue weighted by atomic mass is 10.4. The van der Waals surface area contributed by atoms with Gasteiger partial charge in [0.05, 0.1) is 12.0 Å². The number of nitrogens with two attached hydrogens (primary N) is 1. The van der Waals surface area contributed by atoms with Crippen molar-refractivity contribution in [2.45, 2.75) is 5.03 Å². The summed E-state index contributed by atoms with van der Waals surface area (Å²) in [4.78, 5) is 3.87. The largest absolute Gasteiger partial charge is 0.389 e. The monoisotopic (exact) mass is 285 g/mol. The molecular formula is C9H8ClN5O2S. The van der Waals surface area contributed by atoms with Gasteiger partial charge in [-0.15, -0.1) is 4.40 Å². The quantitative estimate of drug-likeness (QED) is 0.660. The molecule has 2 aromatic heterocycles. The van der Waals surface area contributed by atoms with E-state index in [0.717, 1.165) is 4.52 Å². The molecule has 0 aromatic carbocycles. The summed E-state index contributed by atoms with van der Waals surface area (Å²) in [5.74, 6) is 0. The molecule has 0 spiro atoms. The van der Waals surface area contributed by atoms with Crippen molar-refractivity contribution >= 4 is 39.7 Å².